The smallest absolute Gasteiger partial charge is 0.253 e. The fourth-order valence-corrected chi connectivity index (χ4v) is 2.45. The van der Waals surface area contributed by atoms with Crippen LogP contribution in [0.1, 0.15) is 36.0 Å². The van der Waals surface area contributed by atoms with Gasteiger partial charge in [0.25, 0.3) is 5.91 Å². The van der Waals surface area contributed by atoms with Crippen molar-refractivity contribution in [2.45, 2.75) is 25.7 Å². The first-order chi connectivity index (χ1) is 10.2. The van der Waals surface area contributed by atoms with Crippen LogP contribution in [0.25, 0.3) is 0 Å². The van der Waals surface area contributed by atoms with Gasteiger partial charge in [0.05, 0.1) is 0 Å². The molecular weight excluding hydrogens is 266 g/mol. The van der Waals surface area contributed by atoms with Crippen molar-refractivity contribution in [3.8, 4) is 0 Å². The van der Waals surface area contributed by atoms with E-state index >= 15 is 0 Å². The Morgan fingerprint density at radius 3 is 2.43 bits per heavy atom. The molecule has 0 spiro atoms. The van der Waals surface area contributed by atoms with Crippen LogP contribution in [0.15, 0.2) is 24.3 Å². The normalized spacial score (nSPS) is 14.2. The average Bonchev–Trinajstić information content (AvgIpc) is 3.02. The van der Waals surface area contributed by atoms with Gasteiger partial charge in [0.15, 0.2) is 0 Å². The summed E-state index contributed by atoms with van der Waals surface area (Å²) in [5.74, 6) is 0.0864. The highest BCUT2D eigenvalue weighted by Crippen LogP contribution is 2.15. The van der Waals surface area contributed by atoms with Crippen LogP contribution in [0.2, 0.25) is 0 Å². The van der Waals surface area contributed by atoms with E-state index in [4.69, 9.17) is 0 Å². The number of hydrogen-bond donors (Lipinski definition) is 2. The molecule has 2 amide bonds. The van der Waals surface area contributed by atoms with E-state index in [2.05, 4.69) is 10.6 Å². The van der Waals surface area contributed by atoms with Crippen LogP contribution < -0.4 is 10.6 Å². The molecule has 2 N–H and O–H groups in total. The number of benzene rings is 1. The maximum absolute atomic E-state index is 12.2. The number of nitrogens with one attached hydrogen (secondary N) is 2. The number of anilines is 1. The van der Waals surface area contributed by atoms with Crippen molar-refractivity contribution in [3.05, 3.63) is 29.8 Å². The minimum atomic E-state index is 0.00358. The van der Waals surface area contributed by atoms with Crippen LogP contribution in [0.5, 0.6) is 0 Å². The lowest BCUT2D eigenvalue weighted by molar-refractivity contribution is -0.116. The van der Waals surface area contributed by atoms with Gasteiger partial charge in [-0.15, -0.1) is 0 Å². The van der Waals surface area contributed by atoms with E-state index in [9.17, 15) is 9.59 Å². The van der Waals surface area contributed by atoms with Gasteiger partial charge in [-0.3, -0.25) is 9.59 Å². The Hall–Kier alpha value is -1.88. The van der Waals surface area contributed by atoms with Gasteiger partial charge < -0.3 is 15.5 Å². The van der Waals surface area contributed by atoms with Crippen molar-refractivity contribution in [1.82, 2.24) is 10.2 Å². The van der Waals surface area contributed by atoms with E-state index in [1.807, 2.05) is 11.9 Å². The van der Waals surface area contributed by atoms with Crippen molar-refractivity contribution >= 4 is 17.5 Å². The molecule has 0 atom stereocenters. The molecular formula is C16H23N3O2. The van der Waals surface area contributed by atoms with Crippen LogP contribution in [-0.4, -0.2) is 43.4 Å². The molecule has 5 heteroatoms. The van der Waals surface area contributed by atoms with Crippen LogP contribution >= 0.6 is 0 Å². The molecule has 2 rings (SSSR count). The Balaban J connectivity index is 1.86. The summed E-state index contributed by atoms with van der Waals surface area (Å²) in [5.41, 5.74) is 1.42. The first-order valence-corrected chi connectivity index (χ1v) is 7.54. The van der Waals surface area contributed by atoms with Crippen LogP contribution in [-0.2, 0) is 4.79 Å². The second-order valence-electron chi connectivity index (χ2n) is 5.33. The molecule has 0 radical (unpaired) electrons. The maximum Gasteiger partial charge on any atom is 0.253 e. The third kappa shape index (κ3) is 4.56. The molecule has 0 saturated carbocycles. The first kappa shape index (κ1) is 15.5. The van der Waals surface area contributed by atoms with Gasteiger partial charge in [-0.2, -0.15) is 0 Å². The molecule has 1 saturated heterocycles. The van der Waals surface area contributed by atoms with Crippen molar-refractivity contribution in [1.29, 1.82) is 0 Å². The van der Waals surface area contributed by atoms with Crippen LogP contribution in [0.3, 0.4) is 0 Å². The van der Waals surface area contributed by atoms with Gasteiger partial charge in [0.2, 0.25) is 5.91 Å². The lowest BCUT2D eigenvalue weighted by atomic mass is 10.1. The number of carbonyl (C=O) groups is 2. The highest BCUT2D eigenvalue weighted by Gasteiger charge is 2.19. The van der Waals surface area contributed by atoms with Gasteiger partial charge >= 0.3 is 0 Å². The summed E-state index contributed by atoms with van der Waals surface area (Å²) < 4.78 is 0. The summed E-state index contributed by atoms with van der Waals surface area (Å²) in [6.07, 6.45) is 3.49. The molecule has 1 heterocycles. The Labute approximate surface area is 125 Å². The highest BCUT2D eigenvalue weighted by molar-refractivity contribution is 5.95. The van der Waals surface area contributed by atoms with Gasteiger partial charge in [0, 0.05) is 30.8 Å². The lowest BCUT2D eigenvalue weighted by Gasteiger charge is -2.15. The van der Waals surface area contributed by atoms with Crippen molar-refractivity contribution in [3.63, 3.8) is 0 Å². The van der Waals surface area contributed by atoms with E-state index < -0.39 is 0 Å². The van der Waals surface area contributed by atoms with E-state index in [0.717, 1.165) is 44.6 Å². The number of rotatable bonds is 6. The number of nitrogens with zero attached hydrogens (tertiary/aromatic N) is 1. The third-order valence-corrected chi connectivity index (χ3v) is 3.64. The summed E-state index contributed by atoms with van der Waals surface area (Å²) in [5, 5.41) is 5.86. The summed E-state index contributed by atoms with van der Waals surface area (Å²) in [6, 6.07) is 7.15. The average molecular weight is 289 g/mol. The summed E-state index contributed by atoms with van der Waals surface area (Å²) in [7, 11) is 1.87. The quantitative estimate of drug-likeness (QED) is 0.786. The summed E-state index contributed by atoms with van der Waals surface area (Å²) in [6.45, 7) is 2.53. The number of amides is 2. The topological polar surface area (TPSA) is 61.4 Å². The molecule has 1 aliphatic rings. The number of hydrogen-bond acceptors (Lipinski definition) is 3. The minimum Gasteiger partial charge on any atom is -0.339 e. The summed E-state index contributed by atoms with van der Waals surface area (Å²) >= 11 is 0. The molecule has 1 aliphatic heterocycles. The molecule has 1 aromatic carbocycles. The second kappa shape index (κ2) is 7.78. The maximum atomic E-state index is 12.2. The van der Waals surface area contributed by atoms with E-state index in [-0.39, 0.29) is 11.8 Å². The van der Waals surface area contributed by atoms with Crippen molar-refractivity contribution in [2.75, 3.05) is 32.0 Å². The summed E-state index contributed by atoms with van der Waals surface area (Å²) in [4.78, 5) is 25.8. The second-order valence-corrected chi connectivity index (χ2v) is 5.33. The van der Waals surface area contributed by atoms with Gasteiger partial charge in [0.1, 0.15) is 0 Å². The fraction of sp³-hybridized carbons (Fsp3) is 0.500. The van der Waals surface area contributed by atoms with Gasteiger partial charge in [-0.05, 0) is 57.1 Å². The Morgan fingerprint density at radius 2 is 1.81 bits per heavy atom. The van der Waals surface area contributed by atoms with E-state index in [1.54, 1.807) is 24.3 Å². The minimum absolute atomic E-state index is 0.00358. The number of likely N-dealkylation sites (tertiary alicyclic amines) is 1. The molecule has 114 valence electrons. The van der Waals surface area contributed by atoms with Gasteiger partial charge in [-0.25, -0.2) is 0 Å². The molecule has 0 unspecified atom stereocenters. The molecule has 0 bridgehead atoms. The SMILES string of the molecule is CNCCCC(=O)Nc1ccc(C(=O)N2CCCC2)cc1. The molecule has 1 aromatic rings. The molecule has 21 heavy (non-hydrogen) atoms. The molecule has 1 fully saturated rings. The Morgan fingerprint density at radius 1 is 1.14 bits per heavy atom. The Kier molecular flexibility index (Phi) is 5.75. The van der Waals surface area contributed by atoms with Gasteiger partial charge in [-0.1, -0.05) is 0 Å². The van der Waals surface area contributed by atoms with E-state index in [0.29, 0.717) is 12.0 Å². The zero-order valence-electron chi connectivity index (χ0n) is 12.5. The third-order valence-electron chi connectivity index (χ3n) is 3.64. The van der Waals surface area contributed by atoms with Crippen LogP contribution in [0, 0.1) is 0 Å². The fourth-order valence-electron chi connectivity index (χ4n) is 2.45. The molecule has 5 nitrogen and oxygen atoms in total. The lowest BCUT2D eigenvalue weighted by Crippen LogP contribution is -2.27. The zero-order valence-corrected chi connectivity index (χ0v) is 12.5. The zero-order chi connectivity index (χ0) is 15.1. The largest absolute Gasteiger partial charge is 0.339 e. The predicted octanol–water partition coefficient (Wildman–Crippen LogP) is 1.86. The monoisotopic (exact) mass is 289 g/mol. The Bertz CT molecular complexity index is 479. The first-order valence-electron chi connectivity index (χ1n) is 7.54. The van der Waals surface area contributed by atoms with Crippen LogP contribution in [0.4, 0.5) is 5.69 Å². The van der Waals surface area contributed by atoms with E-state index in [1.165, 1.54) is 0 Å². The standard InChI is InChI=1S/C16H23N3O2/c1-17-10-4-5-15(20)18-14-8-6-13(7-9-14)16(21)19-11-2-3-12-19/h6-9,17H,2-5,10-12H2,1H3,(H,18,20). The molecule has 0 aliphatic carbocycles. The predicted molar refractivity (Wildman–Crippen MR) is 83.4 cm³/mol. The highest BCUT2D eigenvalue weighted by atomic mass is 16.2. The van der Waals surface area contributed by atoms with Crippen molar-refractivity contribution in [2.24, 2.45) is 0 Å². The molecule has 0 aromatic heterocycles. The van der Waals surface area contributed by atoms with Crippen molar-refractivity contribution < 1.29 is 9.59 Å². The number of carbonyl (C=O) groups excluding carboxylic acids is 2.